The molecule has 0 bridgehead atoms. The van der Waals surface area contributed by atoms with Gasteiger partial charge >= 0.3 is 45.1 Å². The third-order valence-electron chi connectivity index (χ3n) is 2.56. The van der Waals surface area contributed by atoms with E-state index in [9.17, 15) is 0 Å². The molecule has 2 aliphatic carbocycles. The molecule has 0 aromatic carbocycles. The Kier molecular flexibility index (Phi) is 38.5. The SMILES string of the molecule is C1CCOC1.CC1=[C-]CC=C1.CC1=[C-]CC=C1.[Cl-].[Cl-].[Cl-].[Li+].[Zr+4]. The first-order valence-corrected chi connectivity index (χ1v) is 6.34. The van der Waals surface area contributed by atoms with E-state index in [-0.39, 0.29) is 82.3 Å². The molecule has 1 fully saturated rings. The molecule has 0 saturated carbocycles. The number of halogens is 3. The summed E-state index contributed by atoms with van der Waals surface area (Å²) < 4.78 is 4.94. The van der Waals surface area contributed by atoms with Crippen molar-refractivity contribution in [2.24, 2.45) is 0 Å². The van der Waals surface area contributed by atoms with Gasteiger partial charge in [0.1, 0.15) is 0 Å². The molecule has 1 heterocycles. The largest absolute Gasteiger partial charge is 4.00 e. The first-order chi connectivity index (χ1) is 8.29. The normalized spacial score (nSPS) is 15.5. The van der Waals surface area contributed by atoms with Gasteiger partial charge < -0.3 is 42.0 Å². The minimum Gasteiger partial charge on any atom is -1.00 e. The van der Waals surface area contributed by atoms with Crippen LogP contribution in [0.15, 0.2) is 35.5 Å². The van der Waals surface area contributed by atoms with Gasteiger partial charge in [-0.25, -0.2) is 23.3 Å². The predicted molar refractivity (Wildman–Crippen MR) is 72.4 cm³/mol. The molecule has 22 heavy (non-hydrogen) atoms. The summed E-state index contributed by atoms with van der Waals surface area (Å²) in [7, 11) is 0. The Morgan fingerprint density at radius 3 is 1.27 bits per heavy atom. The van der Waals surface area contributed by atoms with E-state index in [1.54, 1.807) is 0 Å². The van der Waals surface area contributed by atoms with Crippen LogP contribution in [0.2, 0.25) is 0 Å². The van der Waals surface area contributed by atoms with E-state index >= 15 is 0 Å². The molecule has 3 rings (SSSR count). The fourth-order valence-corrected chi connectivity index (χ4v) is 1.54. The predicted octanol–water partition coefficient (Wildman–Crippen LogP) is -7.80. The second-order valence-electron chi connectivity index (χ2n) is 4.25. The van der Waals surface area contributed by atoms with Crippen LogP contribution in [0.5, 0.6) is 0 Å². The summed E-state index contributed by atoms with van der Waals surface area (Å²) in [6.07, 6.45) is 19.2. The van der Waals surface area contributed by atoms with Gasteiger partial charge in [0.25, 0.3) is 0 Å². The van der Waals surface area contributed by atoms with Gasteiger partial charge in [0.2, 0.25) is 0 Å². The second-order valence-corrected chi connectivity index (χ2v) is 4.25. The van der Waals surface area contributed by atoms with E-state index in [1.807, 2.05) is 0 Å². The average Bonchev–Trinajstić information content (AvgIpc) is 2.99. The van der Waals surface area contributed by atoms with E-state index < -0.39 is 0 Å². The minimum atomic E-state index is 0. The van der Waals surface area contributed by atoms with Crippen LogP contribution in [0.1, 0.15) is 39.5 Å². The maximum Gasteiger partial charge on any atom is 4.00 e. The van der Waals surface area contributed by atoms with Crippen LogP contribution in [-0.4, -0.2) is 13.2 Å². The van der Waals surface area contributed by atoms with Crippen molar-refractivity contribution < 1.29 is 87.0 Å². The Balaban J connectivity index is -0.0000000592. The van der Waals surface area contributed by atoms with E-state index in [1.165, 1.54) is 24.0 Å². The summed E-state index contributed by atoms with van der Waals surface area (Å²) in [5.41, 5.74) is 2.55. The van der Waals surface area contributed by atoms with Crippen LogP contribution in [0.3, 0.4) is 0 Å². The molecule has 1 saturated heterocycles. The first-order valence-electron chi connectivity index (χ1n) is 6.34. The van der Waals surface area contributed by atoms with Gasteiger partial charge in [0, 0.05) is 13.2 Å². The van der Waals surface area contributed by atoms with E-state index in [2.05, 4.69) is 50.3 Å². The van der Waals surface area contributed by atoms with Crippen molar-refractivity contribution in [3.63, 3.8) is 0 Å². The Bertz CT molecular complexity index is 297. The summed E-state index contributed by atoms with van der Waals surface area (Å²) in [4.78, 5) is 0. The topological polar surface area (TPSA) is 9.23 Å². The summed E-state index contributed by atoms with van der Waals surface area (Å²) in [5.74, 6) is 0. The van der Waals surface area contributed by atoms with Crippen molar-refractivity contribution in [2.45, 2.75) is 39.5 Å². The van der Waals surface area contributed by atoms with Gasteiger partial charge in [-0.2, -0.15) is 12.2 Å². The molecule has 0 aromatic rings. The van der Waals surface area contributed by atoms with Crippen molar-refractivity contribution in [3.8, 4) is 0 Å². The number of allylic oxidation sites excluding steroid dienone is 8. The van der Waals surface area contributed by atoms with Gasteiger partial charge in [0.15, 0.2) is 0 Å². The van der Waals surface area contributed by atoms with Crippen LogP contribution in [0.25, 0.3) is 0 Å². The molecular weight excluding hydrogens is 413 g/mol. The van der Waals surface area contributed by atoms with Crippen LogP contribution < -0.4 is 56.1 Å². The standard InChI is InChI=1S/2C6H7.C4H8O.3ClH.Li.Zr/c2*1-6-4-2-3-5-6;1-2-4-5-3-1;;;;;/h2*2,4H,3H2,1H3;1-4H2;3*1H;;/q2*-1;;;;;+1;+4/p-3. The minimum absolute atomic E-state index is 0. The number of ether oxygens (including phenoxy) is 1. The van der Waals surface area contributed by atoms with Crippen LogP contribution >= 0.6 is 0 Å². The van der Waals surface area contributed by atoms with Gasteiger partial charge in [-0.05, 0) is 12.8 Å². The molecule has 0 atom stereocenters. The number of hydrogen-bond acceptors (Lipinski definition) is 1. The Morgan fingerprint density at radius 2 is 1.18 bits per heavy atom. The zero-order valence-corrected chi connectivity index (χ0v) is 18.3. The fraction of sp³-hybridized carbons (Fsp3) is 0.500. The van der Waals surface area contributed by atoms with E-state index in [4.69, 9.17) is 4.74 Å². The number of hydrogen-bond donors (Lipinski definition) is 0. The molecule has 0 amide bonds. The molecule has 1 nitrogen and oxygen atoms in total. The molecule has 0 spiro atoms. The van der Waals surface area contributed by atoms with Crippen LogP contribution in [0, 0.1) is 12.2 Å². The quantitative estimate of drug-likeness (QED) is 0.272. The maximum absolute atomic E-state index is 4.94. The Morgan fingerprint density at radius 1 is 0.818 bits per heavy atom. The van der Waals surface area contributed by atoms with Crippen LogP contribution in [0.4, 0.5) is 0 Å². The van der Waals surface area contributed by atoms with Crippen molar-refractivity contribution in [2.75, 3.05) is 13.2 Å². The Labute approximate surface area is 186 Å². The first kappa shape index (κ1) is 34.6. The molecule has 0 N–H and O–H groups in total. The molecule has 0 radical (unpaired) electrons. The molecule has 1 aliphatic heterocycles. The maximum atomic E-state index is 4.94. The zero-order chi connectivity index (χ0) is 12.3. The smallest absolute Gasteiger partial charge is 1.00 e. The molecule has 0 aromatic heterocycles. The molecule has 6 heteroatoms. The summed E-state index contributed by atoms with van der Waals surface area (Å²) in [6, 6.07) is 0. The average molecular weight is 435 g/mol. The monoisotopic (exact) mass is 432 g/mol. The molecule has 118 valence electrons. The van der Waals surface area contributed by atoms with Crippen LogP contribution in [-0.2, 0) is 30.9 Å². The second kappa shape index (κ2) is 24.5. The fourth-order valence-electron chi connectivity index (χ4n) is 1.54. The third kappa shape index (κ3) is 21.3. The summed E-state index contributed by atoms with van der Waals surface area (Å²) in [6.45, 7) is 6.12. The van der Waals surface area contributed by atoms with E-state index in [0.717, 1.165) is 26.1 Å². The molecule has 3 aliphatic rings. The molecule has 0 unspecified atom stereocenters. The van der Waals surface area contributed by atoms with Gasteiger partial charge in [-0.15, -0.1) is 12.8 Å². The summed E-state index contributed by atoms with van der Waals surface area (Å²) >= 11 is 0. The molecular formula is C16H22Cl3LiOZr. The van der Waals surface area contributed by atoms with Crippen molar-refractivity contribution >= 4 is 0 Å². The van der Waals surface area contributed by atoms with Gasteiger partial charge in [-0.1, -0.05) is 13.8 Å². The van der Waals surface area contributed by atoms with Crippen molar-refractivity contribution in [3.05, 3.63) is 47.6 Å². The van der Waals surface area contributed by atoms with Crippen molar-refractivity contribution in [1.29, 1.82) is 0 Å². The zero-order valence-electron chi connectivity index (χ0n) is 13.6. The van der Waals surface area contributed by atoms with Crippen molar-refractivity contribution in [1.82, 2.24) is 0 Å². The summed E-state index contributed by atoms with van der Waals surface area (Å²) in [5, 5.41) is 0. The van der Waals surface area contributed by atoms with E-state index in [0.29, 0.717) is 0 Å². The Hall–Kier alpha value is 1.27. The van der Waals surface area contributed by atoms with Gasteiger partial charge in [0.05, 0.1) is 0 Å². The number of rotatable bonds is 0. The van der Waals surface area contributed by atoms with Gasteiger partial charge in [-0.3, -0.25) is 12.2 Å². The third-order valence-corrected chi connectivity index (χ3v) is 2.56.